The third kappa shape index (κ3) is 5.89. The van der Waals surface area contributed by atoms with Crippen LogP contribution >= 0.6 is 0 Å². The van der Waals surface area contributed by atoms with Gasteiger partial charge in [-0.15, -0.1) is 0 Å². The van der Waals surface area contributed by atoms with E-state index in [0.717, 1.165) is 28.9 Å². The molecule has 0 unspecified atom stereocenters. The van der Waals surface area contributed by atoms with Crippen molar-refractivity contribution in [2.24, 2.45) is 0 Å². The first-order chi connectivity index (χ1) is 26.0. The Morgan fingerprint density at radius 2 is 1.36 bits per heavy atom. The molecule has 6 aromatic carbocycles. The SMILES string of the molecule is C=C(/C=c1\c(=C2\C=CC=CC2)n(-c2ccc(-c3ccccc3)cc2)c2ccccc12)c1ccc2c(ccn2-c2ccc(C)c(-c3ccccc3C)c2)c1. The Kier molecular flexibility index (Phi) is 8.21. The summed E-state index contributed by atoms with van der Waals surface area (Å²) < 4.78 is 4.72. The number of aromatic nitrogens is 2. The van der Waals surface area contributed by atoms with E-state index in [1.54, 1.807) is 0 Å². The molecule has 2 aromatic heterocycles. The Morgan fingerprint density at radius 3 is 2.17 bits per heavy atom. The lowest BCUT2D eigenvalue weighted by Gasteiger charge is -2.13. The Hall–Kier alpha value is -6.64. The van der Waals surface area contributed by atoms with Crippen LogP contribution in [0.3, 0.4) is 0 Å². The number of hydrogen-bond acceptors (Lipinski definition) is 0. The molecule has 0 spiro atoms. The van der Waals surface area contributed by atoms with E-state index in [1.807, 2.05) is 0 Å². The van der Waals surface area contributed by atoms with Gasteiger partial charge < -0.3 is 9.13 Å². The van der Waals surface area contributed by atoms with Crippen molar-refractivity contribution in [3.63, 3.8) is 0 Å². The van der Waals surface area contributed by atoms with Crippen LogP contribution in [0.1, 0.15) is 23.1 Å². The molecule has 1 aliphatic rings. The van der Waals surface area contributed by atoms with Gasteiger partial charge in [0.1, 0.15) is 0 Å². The number of benzene rings is 6. The lowest BCUT2D eigenvalue weighted by molar-refractivity contribution is 1.05. The average Bonchev–Trinajstić information content (AvgIpc) is 3.78. The predicted molar refractivity (Wildman–Crippen MR) is 226 cm³/mol. The summed E-state index contributed by atoms with van der Waals surface area (Å²) in [6.07, 6.45) is 14.1. The van der Waals surface area contributed by atoms with Crippen LogP contribution in [-0.4, -0.2) is 9.13 Å². The quantitative estimate of drug-likeness (QED) is 0.165. The van der Waals surface area contributed by atoms with E-state index in [4.69, 9.17) is 0 Å². The van der Waals surface area contributed by atoms with Gasteiger partial charge in [0.05, 0.1) is 16.4 Å². The number of para-hydroxylation sites is 1. The minimum Gasteiger partial charge on any atom is -0.317 e. The molecule has 254 valence electrons. The van der Waals surface area contributed by atoms with Crippen LogP contribution in [0.15, 0.2) is 183 Å². The summed E-state index contributed by atoms with van der Waals surface area (Å²) >= 11 is 0. The van der Waals surface area contributed by atoms with Gasteiger partial charge in [-0.25, -0.2) is 0 Å². The van der Waals surface area contributed by atoms with Crippen LogP contribution in [0.25, 0.3) is 72.7 Å². The molecular formula is C51H40N2. The first-order valence-corrected chi connectivity index (χ1v) is 18.3. The molecule has 1 aliphatic carbocycles. The van der Waals surface area contributed by atoms with Gasteiger partial charge in [-0.1, -0.05) is 128 Å². The van der Waals surface area contributed by atoms with Crippen LogP contribution in [0, 0.1) is 13.8 Å². The maximum Gasteiger partial charge on any atom is 0.0576 e. The van der Waals surface area contributed by atoms with Gasteiger partial charge in [-0.3, -0.25) is 0 Å². The van der Waals surface area contributed by atoms with Crippen molar-refractivity contribution in [1.29, 1.82) is 0 Å². The minimum absolute atomic E-state index is 0.867. The predicted octanol–water partition coefficient (Wildman–Crippen LogP) is 11.7. The third-order valence-corrected chi connectivity index (χ3v) is 10.6. The Balaban J connectivity index is 1.15. The van der Waals surface area contributed by atoms with Crippen LogP contribution in [-0.2, 0) is 0 Å². The molecule has 2 heteroatoms. The second-order valence-electron chi connectivity index (χ2n) is 14.0. The number of fused-ring (bicyclic) bond motifs is 2. The van der Waals surface area contributed by atoms with Gasteiger partial charge in [-0.2, -0.15) is 0 Å². The largest absolute Gasteiger partial charge is 0.317 e. The lowest BCUT2D eigenvalue weighted by Crippen LogP contribution is -2.31. The molecule has 2 heterocycles. The van der Waals surface area contributed by atoms with Crippen molar-refractivity contribution >= 4 is 39.0 Å². The fraction of sp³-hybridized carbons (Fsp3) is 0.0588. The topological polar surface area (TPSA) is 9.86 Å². The van der Waals surface area contributed by atoms with Crippen molar-refractivity contribution in [2.75, 3.05) is 0 Å². The molecule has 2 nitrogen and oxygen atoms in total. The second kappa shape index (κ2) is 13.5. The fourth-order valence-electron chi connectivity index (χ4n) is 7.87. The highest BCUT2D eigenvalue weighted by Crippen LogP contribution is 2.31. The van der Waals surface area contributed by atoms with Crippen LogP contribution in [0.2, 0.25) is 0 Å². The van der Waals surface area contributed by atoms with Gasteiger partial charge in [-0.05, 0) is 125 Å². The first-order valence-electron chi connectivity index (χ1n) is 18.3. The highest BCUT2D eigenvalue weighted by Gasteiger charge is 2.15. The molecule has 8 aromatic rings. The van der Waals surface area contributed by atoms with Crippen LogP contribution in [0.4, 0.5) is 0 Å². The Morgan fingerprint density at radius 1 is 0.623 bits per heavy atom. The monoisotopic (exact) mass is 680 g/mol. The van der Waals surface area contributed by atoms with Gasteiger partial charge >= 0.3 is 0 Å². The number of nitrogens with zero attached hydrogens (tertiary/aromatic N) is 2. The summed E-state index contributed by atoms with van der Waals surface area (Å²) in [4.78, 5) is 0. The van der Waals surface area contributed by atoms with Gasteiger partial charge in [0.2, 0.25) is 0 Å². The normalized spacial score (nSPS) is 14.0. The van der Waals surface area contributed by atoms with Gasteiger partial charge in [0.15, 0.2) is 0 Å². The van der Waals surface area contributed by atoms with E-state index >= 15 is 0 Å². The summed E-state index contributed by atoms with van der Waals surface area (Å²) in [5.74, 6) is 0. The summed E-state index contributed by atoms with van der Waals surface area (Å²) in [5, 5.41) is 4.79. The molecule has 0 atom stereocenters. The van der Waals surface area contributed by atoms with E-state index in [0.29, 0.717) is 0 Å². The van der Waals surface area contributed by atoms with Crippen molar-refractivity contribution < 1.29 is 0 Å². The standard InChI is InChI=1S/C51H40N2/c1-35-14-10-11-19-45(35)47-34-44(26-22-36(47)2)52-31-30-42-33-41(25-29-49(42)52)37(3)32-48-46-20-12-13-21-50(46)53(51(48)40-17-8-5-9-18-40)43-27-23-39(24-28-43)38-15-6-4-7-16-38/h4-17,19-34H,3,18H2,1-2H3/b48-32-,51-40+. The summed E-state index contributed by atoms with van der Waals surface area (Å²) in [6.45, 7) is 9.04. The van der Waals surface area contributed by atoms with E-state index in [1.165, 1.54) is 71.3 Å². The molecule has 0 radical (unpaired) electrons. The maximum atomic E-state index is 4.66. The number of aryl methyl sites for hydroxylation is 2. The fourth-order valence-corrected chi connectivity index (χ4v) is 7.87. The maximum absolute atomic E-state index is 4.66. The van der Waals surface area contributed by atoms with Gasteiger partial charge in [0.25, 0.3) is 0 Å². The highest BCUT2D eigenvalue weighted by molar-refractivity contribution is 5.96. The zero-order valence-corrected chi connectivity index (χ0v) is 30.1. The zero-order valence-electron chi connectivity index (χ0n) is 30.1. The molecular weight excluding hydrogens is 641 g/mol. The molecule has 53 heavy (non-hydrogen) atoms. The van der Waals surface area contributed by atoms with Crippen LogP contribution in [0.5, 0.6) is 0 Å². The molecule has 0 saturated heterocycles. The Labute approximate surface area is 310 Å². The highest BCUT2D eigenvalue weighted by atomic mass is 15.0. The van der Waals surface area contributed by atoms with Crippen molar-refractivity contribution in [1.82, 2.24) is 9.13 Å². The third-order valence-electron chi connectivity index (χ3n) is 10.6. The first kappa shape index (κ1) is 32.3. The van der Waals surface area contributed by atoms with Crippen molar-refractivity contribution in [2.45, 2.75) is 20.3 Å². The Bertz CT molecular complexity index is 2870. The van der Waals surface area contributed by atoms with Gasteiger partial charge in [0, 0.05) is 33.6 Å². The molecule has 0 bridgehead atoms. The molecule has 0 aliphatic heterocycles. The van der Waals surface area contributed by atoms with Crippen molar-refractivity contribution in [3.05, 3.63) is 210 Å². The lowest BCUT2D eigenvalue weighted by atomic mass is 9.96. The molecule has 0 fully saturated rings. The summed E-state index contributed by atoms with van der Waals surface area (Å²) in [7, 11) is 0. The minimum atomic E-state index is 0.867. The van der Waals surface area contributed by atoms with Crippen molar-refractivity contribution in [3.8, 4) is 33.6 Å². The van der Waals surface area contributed by atoms with E-state index in [-0.39, 0.29) is 0 Å². The number of rotatable bonds is 6. The molecule has 0 N–H and O–H groups in total. The van der Waals surface area contributed by atoms with Crippen LogP contribution < -0.4 is 10.6 Å². The van der Waals surface area contributed by atoms with E-state index in [9.17, 15) is 0 Å². The molecule has 0 amide bonds. The van der Waals surface area contributed by atoms with E-state index < -0.39 is 0 Å². The second-order valence-corrected chi connectivity index (χ2v) is 14.0. The molecule has 9 rings (SSSR count). The summed E-state index contributed by atoms with van der Waals surface area (Å²) in [6, 6.07) is 52.6. The molecule has 0 saturated carbocycles. The average molecular weight is 681 g/mol. The zero-order chi connectivity index (χ0) is 35.9. The smallest absolute Gasteiger partial charge is 0.0576 e. The summed E-state index contributed by atoms with van der Waals surface area (Å²) in [5.41, 5.74) is 15.6. The van der Waals surface area contributed by atoms with E-state index in [2.05, 4.69) is 212 Å². The number of hydrogen-bond donors (Lipinski definition) is 0. The number of allylic oxidation sites excluding steroid dienone is 5.